The van der Waals surface area contributed by atoms with Crippen LogP contribution in [0.25, 0.3) is 11.1 Å². The predicted molar refractivity (Wildman–Crippen MR) is 94.8 cm³/mol. The number of hydrogen-bond acceptors (Lipinski definition) is 4. The molecule has 0 aliphatic rings. The Balaban J connectivity index is 2.34. The molecule has 0 N–H and O–H groups in total. The van der Waals surface area contributed by atoms with Gasteiger partial charge in [-0.2, -0.15) is 0 Å². The van der Waals surface area contributed by atoms with Crippen molar-refractivity contribution in [2.45, 2.75) is 6.92 Å². The van der Waals surface area contributed by atoms with Crippen molar-refractivity contribution in [3.8, 4) is 28.4 Å². The minimum Gasteiger partial charge on any atom is -0.493 e. The number of rotatable bonds is 5. The zero-order valence-electron chi connectivity index (χ0n) is 13.4. The van der Waals surface area contributed by atoms with Gasteiger partial charge in [0.15, 0.2) is 11.5 Å². The molecule has 1 unspecified atom stereocenters. The topological polar surface area (TPSA) is 44.8 Å². The number of benzene rings is 2. The Kier molecular flexibility index (Phi) is 5.41. The van der Waals surface area contributed by atoms with Gasteiger partial charge in [-0.25, -0.2) is 4.79 Å². The summed E-state index contributed by atoms with van der Waals surface area (Å²) in [4.78, 5) is 11.6. The van der Waals surface area contributed by atoms with E-state index >= 15 is 0 Å². The fourth-order valence-corrected chi connectivity index (χ4v) is 2.49. The van der Waals surface area contributed by atoms with Crippen LogP contribution < -0.4 is 19.5 Å². The molecule has 2 rings (SSSR count). The second-order valence-electron chi connectivity index (χ2n) is 4.99. The number of hydrogen-bond donors (Lipinski definition) is 0. The average molecular weight is 330 g/mol. The number of esters is 1. The molecular formula is C18H19O4P. The third-order valence-electron chi connectivity index (χ3n) is 3.28. The van der Waals surface area contributed by atoms with Gasteiger partial charge in [0.1, 0.15) is 5.75 Å². The van der Waals surface area contributed by atoms with E-state index in [1.165, 1.54) is 0 Å². The van der Waals surface area contributed by atoms with Gasteiger partial charge in [0.25, 0.3) is 0 Å². The number of carbonyl (C=O) groups excluding carboxylic acids is 1. The highest BCUT2D eigenvalue weighted by molar-refractivity contribution is 7.28. The lowest BCUT2D eigenvalue weighted by atomic mass is 10.0. The molecule has 0 fully saturated rings. The van der Waals surface area contributed by atoms with Gasteiger partial charge in [-0.1, -0.05) is 18.7 Å². The number of ether oxygens (including phenoxy) is 3. The van der Waals surface area contributed by atoms with Crippen molar-refractivity contribution in [1.29, 1.82) is 0 Å². The minimum atomic E-state index is -0.437. The molecule has 23 heavy (non-hydrogen) atoms. The quantitative estimate of drug-likeness (QED) is 0.365. The SMILES string of the molecule is C=C(C)C(=O)Oc1ccc(-c2ccc(OC)c(OC)c2)c(P)c1. The van der Waals surface area contributed by atoms with Crippen LogP contribution >= 0.6 is 9.24 Å². The third-order valence-corrected chi connectivity index (χ3v) is 3.75. The lowest BCUT2D eigenvalue weighted by Gasteiger charge is -2.12. The predicted octanol–water partition coefficient (Wildman–Crippen LogP) is 3.35. The lowest BCUT2D eigenvalue weighted by molar-refractivity contribution is -0.130. The van der Waals surface area contributed by atoms with Crippen LogP contribution in [0, 0.1) is 0 Å². The van der Waals surface area contributed by atoms with Gasteiger partial charge in [-0.05, 0) is 47.6 Å². The molecule has 1 atom stereocenters. The van der Waals surface area contributed by atoms with E-state index in [4.69, 9.17) is 14.2 Å². The van der Waals surface area contributed by atoms with E-state index in [2.05, 4.69) is 15.8 Å². The van der Waals surface area contributed by atoms with Gasteiger partial charge >= 0.3 is 5.97 Å². The van der Waals surface area contributed by atoms with Crippen LogP contribution in [0.3, 0.4) is 0 Å². The van der Waals surface area contributed by atoms with Crippen molar-refractivity contribution < 1.29 is 19.0 Å². The molecule has 2 aromatic rings. The number of carbonyl (C=O) groups is 1. The molecule has 0 amide bonds. The first-order chi connectivity index (χ1) is 11.0. The summed E-state index contributed by atoms with van der Waals surface area (Å²) in [5, 5.41) is 0.907. The molecule has 120 valence electrons. The molecule has 0 heterocycles. The van der Waals surface area contributed by atoms with Crippen molar-refractivity contribution in [3.63, 3.8) is 0 Å². The van der Waals surface area contributed by atoms with Gasteiger partial charge in [0, 0.05) is 5.57 Å². The van der Waals surface area contributed by atoms with E-state index in [1.807, 2.05) is 24.3 Å². The molecule has 5 heteroatoms. The Morgan fingerprint density at radius 1 is 1.04 bits per heavy atom. The second-order valence-corrected chi connectivity index (χ2v) is 5.61. The van der Waals surface area contributed by atoms with Gasteiger partial charge in [-0.3, -0.25) is 0 Å². The van der Waals surface area contributed by atoms with Crippen molar-refractivity contribution in [3.05, 3.63) is 48.6 Å². The first-order valence-corrected chi connectivity index (χ1v) is 7.53. The van der Waals surface area contributed by atoms with Crippen LogP contribution in [0.15, 0.2) is 48.6 Å². The monoisotopic (exact) mass is 330 g/mol. The molecule has 0 saturated heterocycles. The zero-order valence-corrected chi connectivity index (χ0v) is 14.5. The Labute approximate surface area is 138 Å². The Hall–Kier alpha value is -2.32. The molecular weight excluding hydrogens is 311 g/mol. The highest BCUT2D eigenvalue weighted by atomic mass is 31.0. The summed E-state index contributed by atoms with van der Waals surface area (Å²) in [5.41, 5.74) is 2.33. The summed E-state index contributed by atoms with van der Waals surface area (Å²) in [5.74, 6) is 1.38. The summed E-state index contributed by atoms with van der Waals surface area (Å²) in [7, 11) is 5.85. The van der Waals surface area contributed by atoms with Gasteiger partial charge in [-0.15, -0.1) is 9.24 Å². The average Bonchev–Trinajstić information content (AvgIpc) is 2.54. The number of methoxy groups -OCH3 is 2. The van der Waals surface area contributed by atoms with Crippen LogP contribution in [0.1, 0.15) is 6.92 Å². The van der Waals surface area contributed by atoms with E-state index in [9.17, 15) is 4.79 Å². The lowest BCUT2D eigenvalue weighted by Crippen LogP contribution is -2.09. The Bertz CT molecular complexity index is 753. The Morgan fingerprint density at radius 2 is 1.74 bits per heavy atom. The van der Waals surface area contributed by atoms with Crippen molar-refractivity contribution in [2.75, 3.05) is 14.2 Å². The fraction of sp³-hybridized carbons (Fsp3) is 0.167. The Morgan fingerprint density at radius 3 is 2.30 bits per heavy atom. The first kappa shape index (κ1) is 17.0. The van der Waals surface area contributed by atoms with E-state index in [1.54, 1.807) is 33.3 Å². The smallest absolute Gasteiger partial charge is 0.338 e. The van der Waals surface area contributed by atoms with Gasteiger partial charge in [0.05, 0.1) is 14.2 Å². The van der Waals surface area contributed by atoms with Crippen molar-refractivity contribution >= 4 is 20.5 Å². The van der Waals surface area contributed by atoms with Crippen LogP contribution in [-0.4, -0.2) is 20.2 Å². The summed E-state index contributed by atoms with van der Waals surface area (Å²) < 4.78 is 15.8. The van der Waals surface area contributed by atoms with Crippen LogP contribution in [0.2, 0.25) is 0 Å². The van der Waals surface area contributed by atoms with Crippen LogP contribution in [0.4, 0.5) is 0 Å². The van der Waals surface area contributed by atoms with E-state index < -0.39 is 5.97 Å². The second kappa shape index (κ2) is 7.30. The van der Waals surface area contributed by atoms with Crippen LogP contribution in [-0.2, 0) is 4.79 Å². The van der Waals surface area contributed by atoms with Crippen LogP contribution in [0.5, 0.6) is 17.2 Å². The van der Waals surface area contributed by atoms with Crippen molar-refractivity contribution in [2.24, 2.45) is 0 Å². The van der Waals surface area contributed by atoms with E-state index in [0.29, 0.717) is 22.8 Å². The van der Waals surface area contributed by atoms with Crippen molar-refractivity contribution in [1.82, 2.24) is 0 Å². The van der Waals surface area contributed by atoms with Gasteiger partial charge in [0.2, 0.25) is 0 Å². The highest BCUT2D eigenvalue weighted by Gasteiger charge is 2.11. The normalized spacial score (nSPS) is 10.1. The molecule has 0 radical (unpaired) electrons. The molecule has 0 bridgehead atoms. The molecule has 0 saturated carbocycles. The molecule has 2 aromatic carbocycles. The fourth-order valence-electron chi connectivity index (χ4n) is 2.07. The maximum Gasteiger partial charge on any atom is 0.338 e. The molecule has 0 aromatic heterocycles. The minimum absolute atomic E-state index is 0.360. The third kappa shape index (κ3) is 3.91. The highest BCUT2D eigenvalue weighted by Crippen LogP contribution is 2.32. The first-order valence-electron chi connectivity index (χ1n) is 6.96. The molecule has 0 aliphatic heterocycles. The van der Waals surface area contributed by atoms with E-state index in [0.717, 1.165) is 16.4 Å². The van der Waals surface area contributed by atoms with Gasteiger partial charge < -0.3 is 14.2 Å². The van der Waals surface area contributed by atoms with E-state index in [-0.39, 0.29) is 0 Å². The molecule has 0 aliphatic carbocycles. The largest absolute Gasteiger partial charge is 0.493 e. The maximum absolute atomic E-state index is 11.6. The standard InChI is InChI=1S/C18H19O4P/c1-11(2)18(19)22-13-6-7-14(17(23)10-13)12-5-8-15(20-3)16(9-12)21-4/h5-10H,1,23H2,2-4H3. The zero-order chi connectivity index (χ0) is 17.0. The summed E-state index contributed by atoms with van der Waals surface area (Å²) in [6.45, 7) is 5.18. The summed E-state index contributed by atoms with van der Waals surface area (Å²) >= 11 is 0. The summed E-state index contributed by atoms with van der Waals surface area (Å²) in [6, 6.07) is 11.1. The summed E-state index contributed by atoms with van der Waals surface area (Å²) in [6.07, 6.45) is 0. The maximum atomic E-state index is 11.6. The molecule has 4 nitrogen and oxygen atoms in total. The molecule has 0 spiro atoms.